The molecule has 2 aromatic heterocycles. The summed E-state index contributed by atoms with van der Waals surface area (Å²) < 4.78 is 6.60. The zero-order valence-corrected chi connectivity index (χ0v) is 13.3. The second kappa shape index (κ2) is 5.52. The van der Waals surface area contributed by atoms with E-state index in [1.807, 2.05) is 49.4 Å². The summed E-state index contributed by atoms with van der Waals surface area (Å²) in [5.41, 5.74) is 3.74. The quantitative estimate of drug-likeness (QED) is 0.603. The molecule has 1 amide bonds. The number of hydrogen-bond acceptors (Lipinski definition) is 4. The van der Waals surface area contributed by atoms with Crippen LogP contribution < -0.4 is 5.32 Å². The van der Waals surface area contributed by atoms with Crippen LogP contribution in [0.4, 0.5) is 5.13 Å². The van der Waals surface area contributed by atoms with Crippen LogP contribution in [-0.4, -0.2) is 10.9 Å². The van der Waals surface area contributed by atoms with Crippen LogP contribution in [0.5, 0.6) is 0 Å². The molecule has 0 aliphatic heterocycles. The summed E-state index contributed by atoms with van der Waals surface area (Å²) in [6, 6.07) is 13.8. The molecule has 2 heterocycles. The first-order chi connectivity index (χ1) is 11.2. The van der Waals surface area contributed by atoms with Crippen LogP contribution >= 0.6 is 11.3 Å². The number of thiazole rings is 1. The van der Waals surface area contributed by atoms with Crippen molar-refractivity contribution in [3.05, 3.63) is 59.9 Å². The fourth-order valence-corrected chi connectivity index (χ4v) is 3.47. The number of benzene rings is 2. The number of fused-ring (bicyclic) bond motifs is 2. The molecule has 0 aliphatic carbocycles. The van der Waals surface area contributed by atoms with Crippen LogP contribution in [0.2, 0.25) is 0 Å². The highest BCUT2D eigenvalue weighted by molar-refractivity contribution is 7.22. The lowest BCUT2D eigenvalue weighted by molar-refractivity contribution is -0.115. The minimum atomic E-state index is -0.0904. The predicted molar refractivity (Wildman–Crippen MR) is 92.9 cm³/mol. The summed E-state index contributed by atoms with van der Waals surface area (Å²) in [4.78, 5) is 16.7. The molecule has 1 N–H and O–H groups in total. The highest BCUT2D eigenvalue weighted by atomic mass is 32.1. The third-order valence-corrected chi connectivity index (χ3v) is 4.65. The molecule has 0 atom stereocenters. The Morgan fingerprint density at radius 1 is 1.26 bits per heavy atom. The Balaban J connectivity index is 1.54. The molecule has 114 valence electrons. The number of para-hydroxylation sites is 1. The number of rotatable bonds is 3. The predicted octanol–water partition coefficient (Wildman–Crippen LogP) is 4.53. The first kappa shape index (κ1) is 14.0. The molecule has 0 bridgehead atoms. The van der Waals surface area contributed by atoms with Crippen molar-refractivity contribution >= 4 is 43.6 Å². The van der Waals surface area contributed by atoms with Crippen LogP contribution in [0, 0.1) is 6.92 Å². The van der Waals surface area contributed by atoms with E-state index in [9.17, 15) is 4.79 Å². The highest BCUT2D eigenvalue weighted by Gasteiger charge is 2.12. The van der Waals surface area contributed by atoms with E-state index in [0.29, 0.717) is 5.13 Å². The Labute approximate surface area is 136 Å². The third-order valence-electron chi connectivity index (χ3n) is 3.70. The van der Waals surface area contributed by atoms with Crippen molar-refractivity contribution in [1.29, 1.82) is 0 Å². The SMILES string of the molecule is Cc1ccc2c(CC(=O)Nc3nc4ccccc4s3)coc2c1. The average Bonchev–Trinajstić information content (AvgIpc) is 3.10. The maximum atomic E-state index is 12.3. The normalized spacial score (nSPS) is 11.2. The number of carbonyl (C=O) groups excluding carboxylic acids is 1. The van der Waals surface area contributed by atoms with Gasteiger partial charge >= 0.3 is 0 Å². The number of aryl methyl sites for hydroxylation is 1. The summed E-state index contributed by atoms with van der Waals surface area (Å²) in [6.07, 6.45) is 1.92. The van der Waals surface area contributed by atoms with Gasteiger partial charge in [0, 0.05) is 10.9 Å². The first-order valence-corrected chi connectivity index (χ1v) is 8.13. The number of amides is 1. The largest absolute Gasteiger partial charge is 0.464 e. The highest BCUT2D eigenvalue weighted by Crippen LogP contribution is 2.26. The van der Waals surface area contributed by atoms with E-state index in [1.165, 1.54) is 11.3 Å². The molecule has 0 saturated heterocycles. The van der Waals surface area contributed by atoms with Gasteiger partial charge < -0.3 is 9.73 Å². The molecular formula is C18H14N2O2S. The Morgan fingerprint density at radius 2 is 2.13 bits per heavy atom. The summed E-state index contributed by atoms with van der Waals surface area (Å²) in [6.45, 7) is 2.02. The van der Waals surface area contributed by atoms with Crippen molar-refractivity contribution in [2.45, 2.75) is 13.3 Å². The third kappa shape index (κ3) is 2.71. The molecule has 0 unspecified atom stereocenters. The number of aromatic nitrogens is 1. The Kier molecular flexibility index (Phi) is 3.35. The van der Waals surface area contributed by atoms with Crippen LogP contribution in [-0.2, 0) is 11.2 Å². The van der Waals surface area contributed by atoms with Gasteiger partial charge in [0.05, 0.1) is 22.9 Å². The van der Waals surface area contributed by atoms with Gasteiger partial charge in [0.25, 0.3) is 0 Å². The van der Waals surface area contributed by atoms with Crippen molar-refractivity contribution in [3.8, 4) is 0 Å². The Morgan fingerprint density at radius 3 is 3.00 bits per heavy atom. The number of furan rings is 1. The molecule has 0 saturated carbocycles. The van der Waals surface area contributed by atoms with Gasteiger partial charge in [0.1, 0.15) is 5.58 Å². The van der Waals surface area contributed by atoms with Gasteiger partial charge in [-0.3, -0.25) is 4.79 Å². The topological polar surface area (TPSA) is 55.1 Å². The van der Waals surface area contributed by atoms with E-state index in [1.54, 1.807) is 6.26 Å². The monoisotopic (exact) mass is 322 g/mol. The molecule has 0 fully saturated rings. The Hall–Kier alpha value is -2.66. The van der Waals surface area contributed by atoms with Gasteiger partial charge in [-0.25, -0.2) is 4.98 Å². The van der Waals surface area contributed by atoms with Crippen LogP contribution in [0.15, 0.2) is 53.1 Å². The standard InChI is InChI=1S/C18H14N2O2S/c1-11-6-7-13-12(10-22-15(13)8-11)9-17(21)20-18-19-14-4-2-3-5-16(14)23-18/h2-8,10H,9H2,1H3,(H,19,20,21). The minimum absolute atomic E-state index is 0.0904. The fourth-order valence-electron chi connectivity index (χ4n) is 2.59. The summed E-state index contributed by atoms with van der Waals surface area (Å²) in [7, 11) is 0. The zero-order chi connectivity index (χ0) is 15.8. The van der Waals surface area contributed by atoms with Crippen molar-refractivity contribution in [2.75, 3.05) is 5.32 Å². The first-order valence-electron chi connectivity index (χ1n) is 7.31. The van der Waals surface area contributed by atoms with E-state index in [0.717, 1.165) is 32.3 Å². The lowest BCUT2D eigenvalue weighted by Gasteiger charge is -2.00. The van der Waals surface area contributed by atoms with Gasteiger partial charge in [0.2, 0.25) is 5.91 Å². The van der Waals surface area contributed by atoms with Gasteiger partial charge in [0.15, 0.2) is 5.13 Å². The molecule has 23 heavy (non-hydrogen) atoms. The van der Waals surface area contributed by atoms with Gasteiger partial charge in [-0.05, 0) is 30.7 Å². The molecule has 2 aromatic carbocycles. The minimum Gasteiger partial charge on any atom is -0.464 e. The zero-order valence-electron chi connectivity index (χ0n) is 12.5. The smallest absolute Gasteiger partial charge is 0.230 e. The average molecular weight is 322 g/mol. The van der Waals surface area contributed by atoms with E-state index in [-0.39, 0.29) is 12.3 Å². The van der Waals surface area contributed by atoms with Gasteiger partial charge in [-0.2, -0.15) is 0 Å². The number of anilines is 1. The van der Waals surface area contributed by atoms with E-state index in [2.05, 4.69) is 10.3 Å². The van der Waals surface area contributed by atoms with Crippen molar-refractivity contribution in [3.63, 3.8) is 0 Å². The molecule has 4 rings (SSSR count). The lowest BCUT2D eigenvalue weighted by Crippen LogP contribution is -2.13. The van der Waals surface area contributed by atoms with Gasteiger partial charge in [-0.1, -0.05) is 35.6 Å². The lowest BCUT2D eigenvalue weighted by atomic mass is 10.1. The second-order valence-electron chi connectivity index (χ2n) is 5.47. The molecule has 4 nitrogen and oxygen atoms in total. The molecule has 5 heteroatoms. The summed E-state index contributed by atoms with van der Waals surface area (Å²) in [5.74, 6) is -0.0904. The molecule has 0 radical (unpaired) electrons. The number of nitrogens with zero attached hydrogens (tertiary/aromatic N) is 1. The second-order valence-corrected chi connectivity index (χ2v) is 6.50. The van der Waals surface area contributed by atoms with E-state index < -0.39 is 0 Å². The van der Waals surface area contributed by atoms with Crippen molar-refractivity contribution < 1.29 is 9.21 Å². The molecule has 0 spiro atoms. The van der Waals surface area contributed by atoms with Crippen LogP contribution in [0.25, 0.3) is 21.2 Å². The summed E-state index contributed by atoms with van der Waals surface area (Å²) in [5, 5.41) is 4.48. The molecule has 0 aliphatic rings. The summed E-state index contributed by atoms with van der Waals surface area (Å²) >= 11 is 1.48. The van der Waals surface area contributed by atoms with Gasteiger partial charge in [-0.15, -0.1) is 0 Å². The van der Waals surface area contributed by atoms with E-state index in [4.69, 9.17) is 4.42 Å². The van der Waals surface area contributed by atoms with Crippen LogP contribution in [0.1, 0.15) is 11.1 Å². The fraction of sp³-hybridized carbons (Fsp3) is 0.111. The maximum Gasteiger partial charge on any atom is 0.230 e. The van der Waals surface area contributed by atoms with Crippen molar-refractivity contribution in [2.24, 2.45) is 0 Å². The Bertz CT molecular complexity index is 983. The maximum absolute atomic E-state index is 12.3. The number of nitrogens with one attached hydrogen (secondary N) is 1. The van der Waals surface area contributed by atoms with Crippen LogP contribution in [0.3, 0.4) is 0 Å². The van der Waals surface area contributed by atoms with E-state index >= 15 is 0 Å². The number of carbonyl (C=O) groups is 1. The molecule has 4 aromatic rings. The van der Waals surface area contributed by atoms with Crippen molar-refractivity contribution in [1.82, 2.24) is 4.98 Å². The molecular weight excluding hydrogens is 308 g/mol. The number of hydrogen-bond donors (Lipinski definition) is 1.